The number of nitrogens with one attached hydrogen (secondary N) is 1. The normalized spacial score (nSPS) is 24.9. The molecular formula is C18H21N5O4S2. The van der Waals surface area contributed by atoms with Crippen LogP contribution in [0.5, 0.6) is 0 Å². The van der Waals surface area contributed by atoms with E-state index in [0.717, 1.165) is 15.3 Å². The first-order chi connectivity index (χ1) is 13.8. The molecule has 4 atom stereocenters. The van der Waals surface area contributed by atoms with Crippen molar-refractivity contribution in [2.75, 3.05) is 6.54 Å². The SMILES string of the molecule is NS(=O)(=O)NC[C@H]1C[C@@H](n2ccc3c(Sc4ccccc4)ncnc32)[C@H](O)[C@@H]1O. The zero-order valence-corrected chi connectivity index (χ0v) is 16.9. The fourth-order valence-electron chi connectivity index (χ4n) is 3.70. The smallest absolute Gasteiger partial charge is 0.274 e. The van der Waals surface area contributed by atoms with Gasteiger partial charge in [-0.25, -0.2) is 19.8 Å². The zero-order valence-electron chi connectivity index (χ0n) is 15.3. The number of benzene rings is 1. The van der Waals surface area contributed by atoms with Crippen molar-refractivity contribution in [2.24, 2.45) is 11.1 Å². The van der Waals surface area contributed by atoms with Crippen molar-refractivity contribution in [1.29, 1.82) is 0 Å². The lowest BCUT2D eigenvalue weighted by atomic mass is 10.1. The van der Waals surface area contributed by atoms with Gasteiger partial charge in [0.25, 0.3) is 10.2 Å². The van der Waals surface area contributed by atoms with Gasteiger partial charge < -0.3 is 14.8 Å². The van der Waals surface area contributed by atoms with Gasteiger partial charge in [-0.05, 0) is 24.6 Å². The number of fused-ring (bicyclic) bond motifs is 1. The summed E-state index contributed by atoms with van der Waals surface area (Å²) in [6, 6.07) is 11.3. The Hall–Kier alpha value is -2.02. The summed E-state index contributed by atoms with van der Waals surface area (Å²) >= 11 is 1.52. The molecular weight excluding hydrogens is 414 g/mol. The molecule has 0 saturated heterocycles. The zero-order chi connectivity index (χ0) is 20.6. The molecule has 1 aliphatic rings. The molecule has 29 heavy (non-hydrogen) atoms. The Morgan fingerprint density at radius 3 is 2.66 bits per heavy atom. The maximum absolute atomic E-state index is 11.1. The van der Waals surface area contributed by atoms with Crippen molar-refractivity contribution in [2.45, 2.75) is 34.6 Å². The van der Waals surface area contributed by atoms with Crippen LogP contribution in [0.25, 0.3) is 11.0 Å². The number of nitrogens with zero attached hydrogens (tertiary/aromatic N) is 3. The first-order valence-corrected chi connectivity index (χ1v) is 11.4. The van der Waals surface area contributed by atoms with Crippen LogP contribution in [0.1, 0.15) is 12.5 Å². The summed E-state index contributed by atoms with van der Waals surface area (Å²) in [5.74, 6) is -0.467. The van der Waals surface area contributed by atoms with Crippen LogP contribution in [0.2, 0.25) is 0 Å². The van der Waals surface area contributed by atoms with Crippen LogP contribution in [0, 0.1) is 5.92 Å². The molecule has 11 heteroatoms. The Morgan fingerprint density at radius 1 is 1.17 bits per heavy atom. The lowest BCUT2D eigenvalue weighted by Gasteiger charge is -2.19. The lowest BCUT2D eigenvalue weighted by Crippen LogP contribution is -2.38. The molecule has 3 aromatic rings. The Morgan fingerprint density at radius 2 is 1.93 bits per heavy atom. The average Bonchev–Trinajstić information content (AvgIpc) is 3.23. The second-order valence-corrected chi connectivity index (χ2v) is 9.43. The van der Waals surface area contributed by atoms with Gasteiger partial charge in [-0.2, -0.15) is 8.42 Å². The van der Waals surface area contributed by atoms with Crippen molar-refractivity contribution >= 4 is 33.0 Å². The summed E-state index contributed by atoms with van der Waals surface area (Å²) in [5, 5.41) is 27.5. The van der Waals surface area contributed by atoms with Crippen LogP contribution < -0.4 is 9.86 Å². The third kappa shape index (κ3) is 4.29. The molecule has 2 heterocycles. The highest BCUT2D eigenvalue weighted by atomic mass is 32.2. The van der Waals surface area contributed by atoms with Gasteiger partial charge in [0.05, 0.1) is 17.5 Å². The third-order valence-corrected chi connectivity index (χ3v) is 6.70. The molecule has 0 bridgehead atoms. The van der Waals surface area contributed by atoms with Gasteiger partial charge in [0.1, 0.15) is 23.1 Å². The topological polar surface area (TPSA) is 143 Å². The third-order valence-electron chi connectivity index (χ3n) is 5.11. The van der Waals surface area contributed by atoms with E-state index < -0.39 is 34.4 Å². The van der Waals surface area contributed by atoms with E-state index in [4.69, 9.17) is 5.14 Å². The summed E-state index contributed by atoms with van der Waals surface area (Å²) < 4.78 is 26.3. The molecule has 0 unspecified atom stereocenters. The van der Waals surface area contributed by atoms with Crippen LogP contribution in [-0.4, -0.2) is 51.9 Å². The number of aliphatic hydroxyl groups is 2. The van der Waals surface area contributed by atoms with E-state index in [2.05, 4.69) is 14.7 Å². The molecule has 0 radical (unpaired) electrons. The molecule has 9 nitrogen and oxygen atoms in total. The Labute approximate surface area is 172 Å². The van der Waals surface area contributed by atoms with Gasteiger partial charge in [0.15, 0.2) is 0 Å². The highest BCUT2D eigenvalue weighted by Gasteiger charge is 2.43. The standard InChI is InChI=1S/C18H21N5O4S2/c19-29(26,27)22-9-11-8-14(16(25)15(11)24)23-7-6-13-17(23)20-10-21-18(13)28-12-4-2-1-3-5-12/h1-7,10-11,14-16,22,24-25H,8-9H2,(H2,19,26,27)/t11-,14-,15-,16+/m1/s1. The van der Waals surface area contributed by atoms with Crippen LogP contribution in [-0.2, 0) is 10.2 Å². The van der Waals surface area contributed by atoms with Gasteiger partial charge in [-0.15, -0.1) is 0 Å². The molecule has 0 spiro atoms. The van der Waals surface area contributed by atoms with Crippen molar-refractivity contribution < 1.29 is 18.6 Å². The van der Waals surface area contributed by atoms with Gasteiger partial charge in [0, 0.05) is 23.6 Å². The summed E-state index contributed by atoms with van der Waals surface area (Å²) in [6.45, 7) is -0.0448. The first-order valence-electron chi connectivity index (χ1n) is 9.01. The maximum atomic E-state index is 11.1. The van der Waals surface area contributed by atoms with Crippen molar-refractivity contribution in [3.63, 3.8) is 0 Å². The van der Waals surface area contributed by atoms with E-state index in [9.17, 15) is 18.6 Å². The Balaban J connectivity index is 1.60. The Kier molecular flexibility index (Phi) is 5.60. The summed E-state index contributed by atoms with van der Waals surface area (Å²) in [5.41, 5.74) is 0.648. The van der Waals surface area contributed by atoms with E-state index in [1.807, 2.05) is 47.2 Å². The number of hydrogen-bond donors (Lipinski definition) is 4. The largest absolute Gasteiger partial charge is 0.390 e. The molecule has 154 valence electrons. The second-order valence-electron chi connectivity index (χ2n) is 6.99. The van der Waals surface area contributed by atoms with Crippen LogP contribution >= 0.6 is 11.8 Å². The van der Waals surface area contributed by atoms with Crippen molar-refractivity contribution in [3.8, 4) is 0 Å². The second kappa shape index (κ2) is 8.01. The highest BCUT2D eigenvalue weighted by Crippen LogP contribution is 2.38. The fourth-order valence-corrected chi connectivity index (χ4v) is 5.03. The van der Waals surface area contributed by atoms with Crippen LogP contribution in [0.15, 0.2) is 58.8 Å². The minimum atomic E-state index is -3.87. The van der Waals surface area contributed by atoms with Crippen molar-refractivity contribution in [1.82, 2.24) is 19.3 Å². The lowest BCUT2D eigenvalue weighted by molar-refractivity contribution is 0.00769. The highest BCUT2D eigenvalue weighted by molar-refractivity contribution is 7.99. The van der Waals surface area contributed by atoms with Gasteiger partial charge in [-0.1, -0.05) is 30.0 Å². The molecule has 1 saturated carbocycles. The van der Waals surface area contributed by atoms with Gasteiger partial charge in [0.2, 0.25) is 0 Å². The molecule has 5 N–H and O–H groups in total. The maximum Gasteiger partial charge on any atom is 0.274 e. The van der Waals surface area contributed by atoms with Crippen molar-refractivity contribution in [3.05, 3.63) is 48.9 Å². The van der Waals surface area contributed by atoms with E-state index in [-0.39, 0.29) is 6.54 Å². The van der Waals surface area contributed by atoms with Gasteiger partial charge in [-0.3, -0.25) is 0 Å². The molecule has 2 aromatic heterocycles. The van der Waals surface area contributed by atoms with Crippen LogP contribution in [0.4, 0.5) is 0 Å². The van der Waals surface area contributed by atoms with E-state index in [0.29, 0.717) is 12.1 Å². The molecule has 1 fully saturated rings. The van der Waals surface area contributed by atoms with Crippen LogP contribution in [0.3, 0.4) is 0 Å². The summed E-state index contributed by atoms with van der Waals surface area (Å²) in [6.07, 6.45) is 1.52. The number of aromatic nitrogens is 3. The number of hydrogen-bond acceptors (Lipinski definition) is 7. The van der Waals surface area contributed by atoms with E-state index in [1.54, 1.807) is 0 Å². The average molecular weight is 436 g/mol. The Bertz CT molecular complexity index is 1110. The van der Waals surface area contributed by atoms with E-state index >= 15 is 0 Å². The minimum Gasteiger partial charge on any atom is -0.390 e. The molecule has 4 rings (SSSR count). The predicted molar refractivity (Wildman–Crippen MR) is 108 cm³/mol. The minimum absolute atomic E-state index is 0.0448. The van der Waals surface area contributed by atoms with E-state index in [1.165, 1.54) is 18.1 Å². The monoisotopic (exact) mass is 435 g/mol. The summed E-state index contributed by atoms with van der Waals surface area (Å²) in [7, 11) is -3.87. The first kappa shape index (κ1) is 20.3. The molecule has 1 aliphatic carbocycles. The number of rotatable bonds is 6. The quantitative estimate of drug-likeness (QED) is 0.416. The number of nitrogens with two attached hydrogens (primary N) is 1. The molecule has 0 aliphatic heterocycles. The predicted octanol–water partition coefficient (Wildman–Crippen LogP) is 0.658. The molecule has 0 amide bonds. The summed E-state index contributed by atoms with van der Waals surface area (Å²) in [4.78, 5) is 9.80. The van der Waals surface area contributed by atoms with Gasteiger partial charge >= 0.3 is 0 Å². The fraction of sp³-hybridized carbons (Fsp3) is 0.333. The molecule has 1 aromatic carbocycles. The number of aliphatic hydroxyl groups excluding tert-OH is 2.